The zero-order valence-electron chi connectivity index (χ0n) is 12.3. The van der Waals surface area contributed by atoms with E-state index in [1.54, 1.807) is 19.9 Å². The van der Waals surface area contributed by atoms with E-state index < -0.39 is 18.2 Å². The van der Waals surface area contributed by atoms with Gasteiger partial charge in [0.1, 0.15) is 5.75 Å². The summed E-state index contributed by atoms with van der Waals surface area (Å²) in [6, 6.07) is 7.38. The molecule has 1 amide bonds. The second-order valence-corrected chi connectivity index (χ2v) is 4.55. The second kappa shape index (κ2) is 7.53. The van der Waals surface area contributed by atoms with Crippen LogP contribution >= 0.6 is 0 Å². The quantitative estimate of drug-likeness (QED) is 0.807. The largest absolute Gasteiger partial charge is 0.479 e. The van der Waals surface area contributed by atoms with Crippen LogP contribution in [0.5, 0.6) is 5.75 Å². The molecule has 5 nitrogen and oxygen atoms in total. The number of hydrogen-bond donors (Lipinski definition) is 1. The summed E-state index contributed by atoms with van der Waals surface area (Å²) in [6.07, 6.45) is -1.60. The minimum Gasteiger partial charge on any atom is -0.479 e. The molecule has 0 fully saturated rings. The molecule has 0 radical (unpaired) electrons. The molecule has 1 rings (SSSR count). The molecule has 0 saturated carbocycles. The Kier molecular flexibility index (Phi) is 6.03. The van der Waals surface area contributed by atoms with Crippen molar-refractivity contribution >= 4 is 11.9 Å². The Morgan fingerprint density at radius 1 is 1.25 bits per heavy atom. The first-order chi connectivity index (χ1) is 9.43. The van der Waals surface area contributed by atoms with Crippen molar-refractivity contribution in [3.8, 4) is 5.75 Å². The maximum atomic E-state index is 11.8. The number of carbonyl (C=O) groups excluding carboxylic acids is 2. The molecule has 0 aliphatic carbocycles. The van der Waals surface area contributed by atoms with Crippen LogP contribution in [-0.2, 0) is 14.3 Å². The van der Waals surface area contributed by atoms with Crippen molar-refractivity contribution < 1.29 is 19.1 Å². The van der Waals surface area contributed by atoms with Gasteiger partial charge in [-0.1, -0.05) is 12.1 Å². The zero-order valence-corrected chi connectivity index (χ0v) is 12.3. The van der Waals surface area contributed by atoms with Crippen LogP contribution in [0.3, 0.4) is 0 Å². The van der Waals surface area contributed by atoms with Gasteiger partial charge in [-0.15, -0.1) is 0 Å². The van der Waals surface area contributed by atoms with Crippen LogP contribution < -0.4 is 10.1 Å². The molecule has 1 N–H and O–H groups in total. The molecule has 1 aromatic carbocycles. The lowest BCUT2D eigenvalue weighted by Crippen LogP contribution is -2.38. The molecule has 110 valence electrons. The van der Waals surface area contributed by atoms with Gasteiger partial charge in [0.05, 0.1) is 0 Å². The summed E-state index contributed by atoms with van der Waals surface area (Å²) >= 11 is 0. The Bertz CT molecular complexity index is 473. The lowest BCUT2D eigenvalue weighted by molar-refractivity contribution is -0.160. The van der Waals surface area contributed by atoms with Crippen LogP contribution in [-0.4, -0.2) is 30.6 Å². The van der Waals surface area contributed by atoms with Crippen LogP contribution in [0.1, 0.15) is 26.3 Å². The van der Waals surface area contributed by atoms with Gasteiger partial charge < -0.3 is 14.8 Å². The van der Waals surface area contributed by atoms with E-state index in [1.807, 2.05) is 25.1 Å². The average molecular weight is 279 g/mol. The number of carbonyl (C=O) groups is 2. The lowest BCUT2D eigenvalue weighted by atomic mass is 10.2. The van der Waals surface area contributed by atoms with E-state index >= 15 is 0 Å². The predicted molar refractivity (Wildman–Crippen MR) is 75.5 cm³/mol. The fourth-order valence-electron chi connectivity index (χ4n) is 1.58. The van der Waals surface area contributed by atoms with Crippen molar-refractivity contribution in [2.45, 2.75) is 39.9 Å². The first-order valence-corrected chi connectivity index (χ1v) is 6.65. The standard InChI is InChI=1S/C15H21NO4/c1-5-16-14(17)11(3)20-15(18)12(4)19-13-8-6-7-10(2)9-13/h6-9,11-12H,5H2,1-4H3,(H,16,17)/t11-,12+/m1/s1. The van der Waals surface area contributed by atoms with Crippen LogP contribution in [0, 0.1) is 6.92 Å². The van der Waals surface area contributed by atoms with Gasteiger partial charge in [-0.3, -0.25) is 4.79 Å². The first-order valence-electron chi connectivity index (χ1n) is 6.65. The molecule has 0 unspecified atom stereocenters. The topological polar surface area (TPSA) is 64.6 Å². The SMILES string of the molecule is CCNC(=O)[C@@H](C)OC(=O)[C@H](C)Oc1cccc(C)c1. The molecule has 0 spiro atoms. The molecule has 2 atom stereocenters. The number of benzene rings is 1. The smallest absolute Gasteiger partial charge is 0.347 e. The maximum Gasteiger partial charge on any atom is 0.347 e. The summed E-state index contributed by atoms with van der Waals surface area (Å²) in [6.45, 7) is 7.36. The van der Waals surface area contributed by atoms with E-state index in [2.05, 4.69) is 5.32 Å². The highest BCUT2D eigenvalue weighted by molar-refractivity contribution is 5.84. The Balaban J connectivity index is 2.53. The lowest BCUT2D eigenvalue weighted by Gasteiger charge is -2.17. The van der Waals surface area contributed by atoms with Crippen LogP contribution in [0.25, 0.3) is 0 Å². The molecule has 0 saturated heterocycles. The summed E-state index contributed by atoms with van der Waals surface area (Å²) in [4.78, 5) is 23.3. The summed E-state index contributed by atoms with van der Waals surface area (Å²) < 4.78 is 10.5. The molecule has 5 heteroatoms. The molecule has 0 aromatic heterocycles. The van der Waals surface area contributed by atoms with Crippen molar-refractivity contribution in [3.63, 3.8) is 0 Å². The van der Waals surface area contributed by atoms with Gasteiger partial charge in [0.2, 0.25) is 0 Å². The molecule has 0 heterocycles. The highest BCUT2D eigenvalue weighted by Crippen LogP contribution is 2.14. The minimum atomic E-state index is -0.828. The molecule has 0 bridgehead atoms. The summed E-state index contributed by atoms with van der Waals surface area (Å²) in [5.41, 5.74) is 1.04. The van der Waals surface area contributed by atoms with Crippen molar-refractivity contribution in [3.05, 3.63) is 29.8 Å². The van der Waals surface area contributed by atoms with Crippen LogP contribution in [0.15, 0.2) is 24.3 Å². The van der Waals surface area contributed by atoms with E-state index in [1.165, 1.54) is 6.92 Å². The van der Waals surface area contributed by atoms with E-state index in [-0.39, 0.29) is 5.91 Å². The number of likely N-dealkylation sites (N-methyl/N-ethyl adjacent to an activating group) is 1. The van der Waals surface area contributed by atoms with Gasteiger partial charge in [0, 0.05) is 6.54 Å². The molecular formula is C15H21NO4. The second-order valence-electron chi connectivity index (χ2n) is 4.55. The number of hydrogen-bond acceptors (Lipinski definition) is 4. The van der Waals surface area contributed by atoms with E-state index in [9.17, 15) is 9.59 Å². The van der Waals surface area contributed by atoms with Gasteiger partial charge in [0.15, 0.2) is 12.2 Å². The molecule has 0 aliphatic rings. The maximum absolute atomic E-state index is 11.8. The van der Waals surface area contributed by atoms with Crippen molar-refractivity contribution in [1.29, 1.82) is 0 Å². The number of amides is 1. The van der Waals surface area contributed by atoms with Crippen LogP contribution in [0.2, 0.25) is 0 Å². The third-order valence-corrected chi connectivity index (χ3v) is 2.65. The monoisotopic (exact) mass is 279 g/mol. The van der Waals surface area contributed by atoms with Crippen molar-refractivity contribution in [2.75, 3.05) is 6.54 Å². The fraction of sp³-hybridized carbons (Fsp3) is 0.467. The molecule has 1 aromatic rings. The molecule has 20 heavy (non-hydrogen) atoms. The average Bonchev–Trinajstić information content (AvgIpc) is 2.38. The highest BCUT2D eigenvalue weighted by Gasteiger charge is 2.22. The highest BCUT2D eigenvalue weighted by atomic mass is 16.6. The van der Waals surface area contributed by atoms with Gasteiger partial charge in [-0.2, -0.15) is 0 Å². The van der Waals surface area contributed by atoms with E-state index in [0.29, 0.717) is 12.3 Å². The number of esters is 1. The molecular weight excluding hydrogens is 258 g/mol. The number of ether oxygens (including phenoxy) is 2. The third-order valence-electron chi connectivity index (χ3n) is 2.65. The van der Waals surface area contributed by atoms with Crippen molar-refractivity contribution in [2.24, 2.45) is 0 Å². The molecule has 0 aliphatic heterocycles. The minimum absolute atomic E-state index is 0.316. The van der Waals surface area contributed by atoms with Gasteiger partial charge in [0.25, 0.3) is 5.91 Å². The number of rotatable bonds is 6. The van der Waals surface area contributed by atoms with E-state index in [0.717, 1.165) is 5.56 Å². The Labute approximate surface area is 119 Å². The third kappa shape index (κ3) is 4.91. The normalized spacial score (nSPS) is 13.2. The van der Waals surface area contributed by atoms with Crippen LogP contribution in [0.4, 0.5) is 0 Å². The number of aryl methyl sites for hydroxylation is 1. The van der Waals surface area contributed by atoms with Crippen molar-refractivity contribution in [1.82, 2.24) is 5.32 Å². The Morgan fingerprint density at radius 2 is 1.95 bits per heavy atom. The summed E-state index contributed by atoms with van der Waals surface area (Å²) in [5, 5.41) is 2.59. The fourth-order valence-corrected chi connectivity index (χ4v) is 1.58. The van der Waals surface area contributed by atoms with Gasteiger partial charge in [-0.05, 0) is 45.4 Å². The summed E-state index contributed by atoms with van der Waals surface area (Å²) in [5.74, 6) is -0.283. The number of nitrogens with one attached hydrogen (secondary N) is 1. The van der Waals surface area contributed by atoms with Gasteiger partial charge >= 0.3 is 5.97 Å². The predicted octanol–water partition coefficient (Wildman–Crippen LogP) is 1.83. The van der Waals surface area contributed by atoms with E-state index in [4.69, 9.17) is 9.47 Å². The summed E-state index contributed by atoms with van der Waals surface area (Å²) in [7, 11) is 0. The Hall–Kier alpha value is -2.04. The Morgan fingerprint density at radius 3 is 2.55 bits per heavy atom. The first kappa shape index (κ1) is 16.0. The van der Waals surface area contributed by atoms with Gasteiger partial charge in [-0.25, -0.2) is 4.79 Å². The zero-order chi connectivity index (χ0) is 15.1.